The van der Waals surface area contributed by atoms with Crippen molar-refractivity contribution in [2.45, 2.75) is 23.6 Å². The Kier molecular flexibility index (Phi) is 3.53. The van der Waals surface area contributed by atoms with Gasteiger partial charge in [0.25, 0.3) is 0 Å². The maximum atomic E-state index is 9.55. The summed E-state index contributed by atoms with van der Waals surface area (Å²) in [4.78, 5) is 2.38. The molecule has 0 saturated carbocycles. The lowest BCUT2D eigenvalue weighted by Gasteiger charge is -2.06. The van der Waals surface area contributed by atoms with Crippen LogP contribution in [-0.2, 0) is 10.9 Å². The smallest absolute Gasteiger partial charge is 0.160 e. The molecule has 3 heteroatoms. The van der Waals surface area contributed by atoms with Crippen molar-refractivity contribution in [1.82, 2.24) is 0 Å². The van der Waals surface area contributed by atoms with Gasteiger partial charge in [-0.3, -0.25) is 0 Å². The summed E-state index contributed by atoms with van der Waals surface area (Å²) in [6.45, 7) is 3.80. The third kappa shape index (κ3) is 2.46. The Balaban J connectivity index is 2.37. The molecule has 0 heterocycles. The maximum Gasteiger partial charge on any atom is 0.160 e. The van der Waals surface area contributed by atoms with E-state index in [1.807, 2.05) is 38.1 Å². The minimum Gasteiger partial charge on any atom is -0.508 e. The van der Waals surface area contributed by atoms with Gasteiger partial charge in [-0.1, -0.05) is 0 Å². The van der Waals surface area contributed by atoms with Crippen molar-refractivity contribution in [1.29, 1.82) is 0 Å². The molecule has 0 radical (unpaired) electrons. The average Bonchev–Trinajstić information content (AvgIpc) is 2.35. The van der Waals surface area contributed by atoms with Crippen LogP contribution in [0.15, 0.2) is 46.2 Å². The third-order valence-electron chi connectivity index (χ3n) is 3.04. The number of benzene rings is 2. The van der Waals surface area contributed by atoms with Crippen LogP contribution < -0.4 is 0 Å². The van der Waals surface area contributed by atoms with Crippen LogP contribution >= 0.6 is 0 Å². The molecular weight excluding hydrogens is 244 g/mol. The molecule has 0 aliphatic rings. The van der Waals surface area contributed by atoms with E-state index in [0.29, 0.717) is 11.5 Å². The number of hydrogen-bond donors (Lipinski definition) is 2. The van der Waals surface area contributed by atoms with Gasteiger partial charge in [0.2, 0.25) is 0 Å². The first-order valence-electron chi connectivity index (χ1n) is 5.74. The number of rotatable bonds is 2. The van der Waals surface area contributed by atoms with Crippen molar-refractivity contribution < 1.29 is 10.2 Å². The molecule has 0 unspecified atom stereocenters. The Morgan fingerprint density at radius 1 is 0.778 bits per heavy atom. The first-order chi connectivity index (χ1) is 8.49. The topological polar surface area (TPSA) is 40.5 Å². The minimum absolute atomic E-state index is 0.0561. The fraction of sp³-hybridized carbons (Fsp3) is 0.200. The highest BCUT2D eigenvalue weighted by Crippen LogP contribution is 2.28. The molecule has 2 aromatic carbocycles. The molecule has 0 aliphatic heterocycles. The van der Waals surface area contributed by atoms with Crippen LogP contribution in [0.25, 0.3) is 0 Å². The fourth-order valence-electron chi connectivity index (χ4n) is 1.77. The molecule has 0 bridgehead atoms. The highest BCUT2D eigenvalue weighted by atomic mass is 32.2. The molecule has 2 N–H and O–H groups in total. The molecule has 0 saturated heterocycles. The zero-order chi connectivity index (χ0) is 13.3. The van der Waals surface area contributed by atoms with Gasteiger partial charge in [0, 0.05) is 12.1 Å². The van der Waals surface area contributed by atoms with E-state index in [0.717, 1.165) is 11.1 Å². The lowest BCUT2D eigenvalue weighted by atomic mass is 10.2. The van der Waals surface area contributed by atoms with Gasteiger partial charge in [-0.25, -0.2) is 0 Å². The Hall–Kier alpha value is -1.61. The van der Waals surface area contributed by atoms with Gasteiger partial charge in [0.15, 0.2) is 9.79 Å². The molecule has 2 nitrogen and oxygen atoms in total. The normalized spacial score (nSPS) is 10.9. The largest absolute Gasteiger partial charge is 0.508 e. The van der Waals surface area contributed by atoms with Crippen LogP contribution in [-0.4, -0.2) is 16.5 Å². The van der Waals surface area contributed by atoms with Crippen LogP contribution in [0.2, 0.25) is 0 Å². The Labute approximate surface area is 110 Å². The number of aryl methyl sites for hydroxylation is 2. The number of hydrogen-bond acceptors (Lipinski definition) is 2. The summed E-state index contributed by atoms with van der Waals surface area (Å²) in [5.74, 6) is 0.662. The standard InChI is InChI=1S/C15H16O2S/c1-10-8-12(4-6-14(10)16)18(3)13-5-7-15(17)11(2)9-13/h4-9H,1-3H3,(H-,16,17)/p+1. The predicted molar refractivity (Wildman–Crippen MR) is 75.5 cm³/mol. The van der Waals surface area contributed by atoms with E-state index < -0.39 is 0 Å². The summed E-state index contributed by atoms with van der Waals surface area (Å²) >= 11 is 0. The Morgan fingerprint density at radius 2 is 1.17 bits per heavy atom. The number of aromatic hydroxyl groups is 2. The summed E-state index contributed by atoms with van der Waals surface area (Å²) < 4.78 is 0. The highest BCUT2D eigenvalue weighted by molar-refractivity contribution is 7.96. The van der Waals surface area contributed by atoms with Gasteiger partial charge >= 0.3 is 0 Å². The Bertz CT molecular complexity index is 527. The van der Waals surface area contributed by atoms with Crippen LogP contribution in [0.1, 0.15) is 11.1 Å². The second-order valence-electron chi connectivity index (χ2n) is 4.41. The van der Waals surface area contributed by atoms with Crippen LogP contribution in [0, 0.1) is 13.8 Å². The van der Waals surface area contributed by atoms with Crippen molar-refractivity contribution >= 4 is 10.9 Å². The zero-order valence-corrected chi connectivity index (χ0v) is 11.6. The van der Waals surface area contributed by atoms with Gasteiger partial charge in [0.05, 0.1) is 10.9 Å². The third-order valence-corrected chi connectivity index (χ3v) is 4.97. The average molecular weight is 261 g/mol. The molecule has 0 atom stereocenters. The SMILES string of the molecule is Cc1cc([S+](C)c2ccc(O)c(C)c2)ccc1O. The van der Waals surface area contributed by atoms with Crippen LogP contribution in [0.5, 0.6) is 11.5 Å². The van der Waals surface area contributed by atoms with E-state index in [-0.39, 0.29) is 10.9 Å². The first-order valence-corrected chi connectivity index (χ1v) is 7.37. The van der Waals surface area contributed by atoms with Crippen molar-refractivity contribution in [3.63, 3.8) is 0 Å². The van der Waals surface area contributed by atoms with Crippen molar-refractivity contribution in [3.8, 4) is 11.5 Å². The van der Waals surface area contributed by atoms with Gasteiger partial charge in [-0.15, -0.1) is 0 Å². The van der Waals surface area contributed by atoms with Crippen molar-refractivity contribution in [2.24, 2.45) is 0 Å². The second-order valence-corrected chi connectivity index (χ2v) is 6.37. The van der Waals surface area contributed by atoms with Crippen LogP contribution in [0.3, 0.4) is 0 Å². The summed E-state index contributed by atoms with van der Waals surface area (Å²) in [5.41, 5.74) is 1.78. The van der Waals surface area contributed by atoms with E-state index in [1.165, 1.54) is 9.79 Å². The fourth-order valence-corrected chi connectivity index (χ4v) is 3.30. The molecular formula is C15H17O2S+. The van der Waals surface area contributed by atoms with E-state index in [1.54, 1.807) is 12.1 Å². The summed E-state index contributed by atoms with van der Waals surface area (Å²) in [6, 6.07) is 11.4. The minimum atomic E-state index is -0.0561. The summed E-state index contributed by atoms with van der Waals surface area (Å²) in [6.07, 6.45) is 2.15. The van der Waals surface area contributed by atoms with Crippen molar-refractivity contribution in [2.75, 3.05) is 6.26 Å². The van der Waals surface area contributed by atoms with Gasteiger partial charge in [-0.05, 0) is 49.2 Å². The van der Waals surface area contributed by atoms with Gasteiger partial charge < -0.3 is 10.2 Å². The Morgan fingerprint density at radius 3 is 1.50 bits per heavy atom. The molecule has 0 aromatic heterocycles. The quantitative estimate of drug-likeness (QED) is 0.814. The zero-order valence-electron chi connectivity index (χ0n) is 10.8. The molecule has 0 amide bonds. The molecule has 2 rings (SSSR count). The second kappa shape index (κ2) is 4.94. The molecule has 94 valence electrons. The first kappa shape index (κ1) is 12.8. The van der Waals surface area contributed by atoms with Crippen molar-refractivity contribution in [3.05, 3.63) is 47.5 Å². The number of phenolic OH excluding ortho intramolecular Hbond substituents is 2. The van der Waals surface area contributed by atoms with E-state index in [2.05, 4.69) is 6.26 Å². The molecule has 0 aliphatic carbocycles. The molecule has 18 heavy (non-hydrogen) atoms. The van der Waals surface area contributed by atoms with E-state index in [9.17, 15) is 10.2 Å². The number of phenols is 2. The van der Waals surface area contributed by atoms with E-state index >= 15 is 0 Å². The lowest BCUT2D eigenvalue weighted by Crippen LogP contribution is -2.01. The van der Waals surface area contributed by atoms with Gasteiger partial charge in [-0.2, -0.15) is 0 Å². The molecule has 2 aromatic rings. The lowest BCUT2D eigenvalue weighted by molar-refractivity contribution is 0.470. The summed E-state index contributed by atoms with van der Waals surface area (Å²) in [7, 11) is -0.0561. The van der Waals surface area contributed by atoms with Gasteiger partial charge in [0.1, 0.15) is 17.8 Å². The predicted octanol–water partition coefficient (Wildman–Crippen LogP) is 3.38. The molecule has 0 fully saturated rings. The van der Waals surface area contributed by atoms with E-state index in [4.69, 9.17) is 0 Å². The van der Waals surface area contributed by atoms with Crippen LogP contribution in [0.4, 0.5) is 0 Å². The monoisotopic (exact) mass is 261 g/mol. The molecule has 0 spiro atoms. The summed E-state index contributed by atoms with van der Waals surface area (Å²) in [5, 5.41) is 19.1. The maximum absolute atomic E-state index is 9.55. The highest BCUT2D eigenvalue weighted by Gasteiger charge is 2.20.